The second-order valence-corrected chi connectivity index (χ2v) is 4.23. The number of hydrogen-bond acceptors (Lipinski definition) is 3. The zero-order chi connectivity index (χ0) is 12.3. The Morgan fingerprint density at radius 1 is 1.41 bits per heavy atom. The first-order valence-corrected chi connectivity index (χ1v) is 5.68. The lowest BCUT2D eigenvalue weighted by Gasteiger charge is -2.31. The molecule has 17 heavy (non-hydrogen) atoms. The summed E-state index contributed by atoms with van der Waals surface area (Å²) in [6.07, 6.45) is 1.84. The summed E-state index contributed by atoms with van der Waals surface area (Å²) < 4.78 is 0. The maximum atomic E-state index is 12.2. The van der Waals surface area contributed by atoms with Crippen LogP contribution in [0.5, 0.6) is 0 Å². The SMILES string of the molecule is Cc1ccc(C(=O)C2CNCCN2[C]=O)cc1. The summed E-state index contributed by atoms with van der Waals surface area (Å²) in [7, 11) is 0. The van der Waals surface area contributed by atoms with Crippen molar-refractivity contribution in [1.29, 1.82) is 0 Å². The van der Waals surface area contributed by atoms with Gasteiger partial charge in [-0.25, -0.2) is 0 Å². The summed E-state index contributed by atoms with van der Waals surface area (Å²) in [4.78, 5) is 24.4. The summed E-state index contributed by atoms with van der Waals surface area (Å²) in [5.74, 6) is -0.0273. The average Bonchev–Trinajstić information content (AvgIpc) is 2.39. The van der Waals surface area contributed by atoms with Crippen molar-refractivity contribution in [3.05, 3.63) is 35.4 Å². The Hall–Kier alpha value is -1.68. The Balaban J connectivity index is 2.18. The minimum atomic E-state index is -0.427. The molecule has 89 valence electrons. The molecule has 1 fully saturated rings. The smallest absolute Gasteiger partial charge is 0.312 e. The number of carbonyl (C=O) groups excluding carboxylic acids is 2. The number of aryl methyl sites for hydroxylation is 1. The molecule has 1 amide bonds. The molecule has 4 heteroatoms. The molecule has 1 aromatic rings. The molecule has 0 spiro atoms. The third kappa shape index (κ3) is 2.53. The monoisotopic (exact) mass is 231 g/mol. The third-order valence-corrected chi connectivity index (χ3v) is 3.00. The van der Waals surface area contributed by atoms with Crippen LogP contribution in [-0.2, 0) is 4.79 Å². The number of amides is 1. The van der Waals surface area contributed by atoms with Gasteiger partial charge in [0.1, 0.15) is 6.04 Å². The normalized spacial score (nSPS) is 20.1. The summed E-state index contributed by atoms with van der Waals surface area (Å²) in [5, 5.41) is 3.12. The van der Waals surface area contributed by atoms with Gasteiger partial charge in [0.25, 0.3) is 0 Å². The molecular weight excluding hydrogens is 216 g/mol. The topological polar surface area (TPSA) is 49.4 Å². The van der Waals surface area contributed by atoms with E-state index in [-0.39, 0.29) is 5.78 Å². The van der Waals surface area contributed by atoms with Gasteiger partial charge in [0, 0.05) is 25.2 Å². The van der Waals surface area contributed by atoms with Gasteiger partial charge < -0.3 is 10.2 Å². The van der Waals surface area contributed by atoms with E-state index in [0.29, 0.717) is 25.2 Å². The van der Waals surface area contributed by atoms with Crippen molar-refractivity contribution < 1.29 is 9.59 Å². The maximum Gasteiger partial charge on any atom is 0.312 e. The number of nitrogens with one attached hydrogen (secondary N) is 1. The fraction of sp³-hybridized carbons (Fsp3) is 0.385. The van der Waals surface area contributed by atoms with Gasteiger partial charge in [0.15, 0.2) is 5.78 Å². The molecule has 1 atom stereocenters. The number of ketones is 1. The van der Waals surface area contributed by atoms with Crippen molar-refractivity contribution in [2.75, 3.05) is 19.6 Å². The van der Waals surface area contributed by atoms with E-state index < -0.39 is 6.04 Å². The van der Waals surface area contributed by atoms with Gasteiger partial charge in [-0.15, -0.1) is 0 Å². The standard InChI is InChI=1S/C13H15N2O2/c1-10-2-4-11(5-3-10)13(17)12-8-14-6-7-15(12)9-16/h2-5,12,14H,6-8H2,1H3. The Bertz CT molecular complexity index is 414. The summed E-state index contributed by atoms with van der Waals surface area (Å²) in [6, 6.07) is 6.98. The summed E-state index contributed by atoms with van der Waals surface area (Å²) >= 11 is 0. The van der Waals surface area contributed by atoms with E-state index in [4.69, 9.17) is 0 Å². The van der Waals surface area contributed by atoms with E-state index in [1.54, 1.807) is 12.1 Å². The van der Waals surface area contributed by atoms with Crippen LogP contribution < -0.4 is 5.32 Å². The van der Waals surface area contributed by atoms with E-state index >= 15 is 0 Å². The number of piperazine rings is 1. The number of Topliss-reactive ketones (excluding diaryl/α,β-unsaturated/α-hetero) is 1. The number of hydrogen-bond donors (Lipinski definition) is 1. The zero-order valence-electron chi connectivity index (χ0n) is 9.77. The zero-order valence-corrected chi connectivity index (χ0v) is 9.77. The molecule has 2 rings (SSSR count). The van der Waals surface area contributed by atoms with Crippen molar-refractivity contribution in [3.63, 3.8) is 0 Å². The lowest BCUT2D eigenvalue weighted by molar-refractivity contribution is 0.0862. The molecule has 1 N–H and O–H groups in total. The maximum absolute atomic E-state index is 12.2. The molecule has 0 bridgehead atoms. The minimum Gasteiger partial charge on any atom is -0.321 e. The molecule has 4 nitrogen and oxygen atoms in total. The van der Waals surface area contributed by atoms with Crippen LogP contribution in [-0.4, -0.2) is 42.8 Å². The van der Waals surface area contributed by atoms with Crippen molar-refractivity contribution in [1.82, 2.24) is 10.2 Å². The Morgan fingerprint density at radius 3 is 2.76 bits per heavy atom. The third-order valence-electron chi connectivity index (χ3n) is 3.00. The largest absolute Gasteiger partial charge is 0.321 e. The van der Waals surface area contributed by atoms with E-state index in [1.807, 2.05) is 25.5 Å². The van der Waals surface area contributed by atoms with Crippen molar-refractivity contribution >= 4 is 12.2 Å². The first-order chi connectivity index (χ1) is 8.22. The van der Waals surface area contributed by atoms with Crippen LogP contribution >= 0.6 is 0 Å². The van der Waals surface area contributed by atoms with E-state index in [0.717, 1.165) is 5.56 Å². The fourth-order valence-corrected chi connectivity index (χ4v) is 1.96. The highest BCUT2D eigenvalue weighted by molar-refractivity contribution is 6.01. The molecule has 1 unspecified atom stereocenters. The summed E-state index contributed by atoms with van der Waals surface area (Å²) in [5.41, 5.74) is 1.76. The Morgan fingerprint density at radius 2 is 2.12 bits per heavy atom. The van der Waals surface area contributed by atoms with Gasteiger partial charge >= 0.3 is 6.41 Å². The van der Waals surface area contributed by atoms with Gasteiger partial charge in [0.05, 0.1) is 0 Å². The second-order valence-electron chi connectivity index (χ2n) is 4.23. The van der Waals surface area contributed by atoms with Gasteiger partial charge in [-0.3, -0.25) is 9.59 Å². The average molecular weight is 231 g/mol. The lowest BCUT2D eigenvalue weighted by atomic mass is 10.0. The Kier molecular flexibility index (Phi) is 3.54. The van der Waals surface area contributed by atoms with Gasteiger partial charge in [0.2, 0.25) is 0 Å². The van der Waals surface area contributed by atoms with E-state index in [9.17, 15) is 9.59 Å². The molecule has 1 heterocycles. The van der Waals surface area contributed by atoms with Crippen molar-refractivity contribution in [3.8, 4) is 0 Å². The molecule has 1 radical (unpaired) electrons. The molecular formula is C13H15N2O2. The molecule has 0 aliphatic carbocycles. The number of nitrogens with zero attached hydrogens (tertiary/aromatic N) is 1. The highest BCUT2D eigenvalue weighted by Crippen LogP contribution is 2.11. The highest BCUT2D eigenvalue weighted by Gasteiger charge is 2.28. The van der Waals surface area contributed by atoms with Crippen molar-refractivity contribution in [2.45, 2.75) is 13.0 Å². The predicted molar refractivity (Wildman–Crippen MR) is 64.6 cm³/mol. The molecule has 0 saturated carbocycles. The van der Waals surface area contributed by atoms with E-state index in [1.165, 1.54) is 4.90 Å². The van der Waals surface area contributed by atoms with Crippen LogP contribution in [0.25, 0.3) is 0 Å². The first-order valence-electron chi connectivity index (χ1n) is 5.68. The van der Waals surface area contributed by atoms with Crippen LogP contribution in [0.15, 0.2) is 24.3 Å². The predicted octanol–water partition coefficient (Wildman–Crippen LogP) is 0.519. The molecule has 1 aliphatic rings. The highest BCUT2D eigenvalue weighted by atomic mass is 16.1. The molecule has 1 aromatic carbocycles. The Labute approximate surface area is 101 Å². The molecule has 0 aromatic heterocycles. The summed E-state index contributed by atoms with van der Waals surface area (Å²) in [6.45, 7) is 3.72. The fourth-order valence-electron chi connectivity index (χ4n) is 1.96. The first kappa shape index (κ1) is 11.8. The van der Waals surface area contributed by atoms with Gasteiger partial charge in [-0.05, 0) is 6.92 Å². The minimum absolute atomic E-state index is 0.0273. The van der Waals surface area contributed by atoms with Crippen LogP contribution in [0.2, 0.25) is 0 Å². The van der Waals surface area contributed by atoms with Gasteiger partial charge in [-0.2, -0.15) is 0 Å². The number of carbonyl (C=O) groups is 1. The van der Waals surface area contributed by atoms with Crippen LogP contribution in [0.1, 0.15) is 15.9 Å². The van der Waals surface area contributed by atoms with Crippen LogP contribution in [0.3, 0.4) is 0 Å². The molecule has 1 aliphatic heterocycles. The second kappa shape index (κ2) is 5.10. The number of rotatable bonds is 3. The van der Waals surface area contributed by atoms with Crippen molar-refractivity contribution in [2.24, 2.45) is 0 Å². The van der Waals surface area contributed by atoms with Crippen LogP contribution in [0, 0.1) is 6.92 Å². The lowest BCUT2D eigenvalue weighted by Crippen LogP contribution is -2.54. The molecule has 1 saturated heterocycles. The van der Waals surface area contributed by atoms with Crippen LogP contribution in [0.4, 0.5) is 0 Å². The van der Waals surface area contributed by atoms with E-state index in [2.05, 4.69) is 5.32 Å². The van der Waals surface area contributed by atoms with Gasteiger partial charge in [-0.1, -0.05) is 29.8 Å². The quantitative estimate of drug-likeness (QED) is 0.771. The number of benzene rings is 1.